The number of allylic oxidation sites excluding steroid dienone is 2. The normalized spacial score (nSPS) is 14.2. The number of hydrogen-bond donors (Lipinski definition) is 0. The summed E-state index contributed by atoms with van der Waals surface area (Å²) in [5.74, 6) is 0. The Morgan fingerprint density at radius 3 is 2.70 bits per heavy atom. The number of aromatic nitrogens is 1. The van der Waals surface area contributed by atoms with Gasteiger partial charge in [-0.1, -0.05) is 68.7 Å². The van der Waals surface area contributed by atoms with E-state index in [0.717, 1.165) is 29.5 Å². The van der Waals surface area contributed by atoms with Crippen molar-refractivity contribution in [3.8, 4) is 6.07 Å². The molecule has 4 rings (SSSR count). The van der Waals surface area contributed by atoms with E-state index in [1.165, 1.54) is 59.5 Å². The van der Waals surface area contributed by atoms with Gasteiger partial charge in [0, 0.05) is 24.3 Å². The second-order valence-electron chi connectivity index (χ2n) is 9.28. The minimum Gasteiger partial charge on any atom is -0.341 e. The molecule has 0 spiro atoms. The molecule has 188 valence electrons. The van der Waals surface area contributed by atoms with Gasteiger partial charge in [0.15, 0.2) is 0 Å². The van der Waals surface area contributed by atoms with E-state index in [4.69, 9.17) is 7.05 Å². The van der Waals surface area contributed by atoms with Crippen LogP contribution in [0.5, 0.6) is 0 Å². The lowest BCUT2D eigenvalue weighted by molar-refractivity contribution is 0.668. The molecule has 4 nitrogen and oxygen atoms in total. The largest absolute Gasteiger partial charge is 0.341 e. The Hall–Kier alpha value is -3.62. The van der Waals surface area contributed by atoms with Crippen molar-refractivity contribution in [2.45, 2.75) is 51.9 Å². The molecule has 2 heterocycles. The third-order valence-corrected chi connectivity index (χ3v) is 7.88. The van der Waals surface area contributed by atoms with E-state index >= 15 is 0 Å². The molecule has 0 saturated heterocycles. The summed E-state index contributed by atoms with van der Waals surface area (Å²) < 4.78 is 2.02. The third-order valence-electron chi connectivity index (χ3n) is 6.71. The molecule has 0 aliphatic carbocycles. The zero-order valence-corrected chi connectivity index (χ0v) is 22.3. The Morgan fingerprint density at radius 1 is 1.14 bits per heavy atom. The van der Waals surface area contributed by atoms with Gasteiger partial charge in [0.25, 0.3) is 5.56 Å². The first kappa shape index (κ1) is 26.4. The van der Waals surface area contributed by atoms with Crippen molar-refractivity contribution < 1.29 is 0 Å². The van der Waals surface area contributed by atoms with Crippen molar-refractivity contribution >= 4 is 40.4 Å². The molecule has 0 N–H and O–H groups in total. The van der Waals surface area contributed by atoms with E-state index in [0.29, 0.717) is 21.2 Å². The molecule has 0 saturated carbocycles. The van der Waals surface area contributed by atoms with Crippen LogP contribution in [0.3, 0.4) is 0 Å². The second kappa shape index (κ2) is 12.6. The second-order valence-corrected chi connectivity index (χ2v) is 10.3. The number of hydrogen-bond acceptors (Lipinski definition) is 4. The van der Waals surface area contributed by atoms with Gasteiger partial charge in [-0.25, -0.2) is 0 Å². The van der Waals surface area contributed by atoms with Gasteiger partial charge in [0.05, 0.1) is 23.2 Å². The summed E-state index contributed by atoms with van der Waals surface area (Å²) in [5.41, 5.74) is 6.58. The number of nitriles is 1. The summed E-state index contributed by atoms with van der Waals surface area (Å²) in [6.07, 6.45) is 14.6. The molecule has 0 fully saturated rings. The number of anilines is 2. The summed E-state index contributed by atoms with van der Waals surface area (Å²) in [5, 5.41) is 9.40. The molecule has 1 aliphatic heterocycles. The molecule has 2 radical (unpaired) electrons. The van der Waals surface area contributed by atoms with E-state index in [1.54, 1.807) is 12.2 Å². The number of unbranched alkanes of at least 4 members (excludes halogenated alkanes) is 3. The third kappa shape index (κ3) is 6.03. The maximum absolute atomic E-state index is 12.6. The van der Waals surface area contributed by atoms with Crippen LogP contribution >= 0.6 is 11.3 Å². The highest BCUT2D eigenvalue weighted by Crippen LogP contribution is 2.36. The molecular weight excluding hydrogens is 474 g/mol. The number of thiazole rings is 1. The maximum Gasteiger partial charge on any atom is 0.269 e. The van der Waals surface area contributed by atoms with E-state index in [2.05, 4.69) is 66.9 Å². The summed E-state index contributed by atoms with van der Waals surface area (Å²) in [7, 11) is 5.94. The van der Waals surface area contributed by atoms with Crippen molar-refractivity contribution in [3.63, 3.8) is 0 Å². The fraction of sp³-hybridized carbons (Fsp3) is 0.281. The van der Waals surface area contributed by atoms with Crippen LogP contribution in [0.4, 0.5) is 11.4 Å². The highest BCUT2D eigenvalue weighted by molar-refractivity contribution is 7.07. The smallest absolute Gasteiger partial charge is 0.269 e. The van der Waals surface area contributed by atoms with Crippen LogP contribution < -0.4 is 19.7 Å². The van der Waals surface area contributed by atoms with Gasteiger partial charge in [-0.3, -0.25) is 9.36 Å². The predicted molar refractivity (Wildman–Crippen MR) is 156 cm³/mol. The minimum atomic E-state index is -0.306. The number of fused-ring (bicyclic) bond motifs is 2. The van der Waals surface area contributed by atoms with Gasteiger partial charge in [-0.2, -0.15) is 5.26 Å². The summed E-state index contributed by atoms with van der Waals surface area (Å²) >= 11 is 1.23. The summed E-state index contributed by atoms with van der Waals surface area (Å²) in [4.78, 5) is 15.1. The zero-order chi connectivity index (χ0) is 26.2. The van der Waals surface area contributed by atoms with Crippen LogP contribution in [0.15, 0.2) is 66.0 Å². The van der Waals surface area contributed by atoms with Crippen LogP contribution in [0.1, 0.15) is 55.7 Å². The Morgan fingerprint density at radius 2 is 1.92 bits per heavy atom. The predicted octanol–water partition coefficient (Wildman–Crippen LogP) is 5.99. The number of para-hydroxylation sites is 1. The highest BCUT2D eigenvalue weighted by atomic mass is 32.1. The van der Waals surface area contributed by atoms with E-state index < -0.39 is 0 Å². The first-order valence-corrected chi connectivity index (χ1v) is 13.8. The van der Waals surface area contributed by atoms with Crippen LogP contribution in [0, 0.1) is 18.4 Å². The summed E-state index contributed by atoms with van der Waals surface area (Å²) in [6, 6.07) is 17.5. The van der Waals surface area contributed by atoms with Crippen molar-refractivity contribution in [1.82, 2.24) is 4.57 Å². The standard InChI is InChI=1S/C32H33N3OS/c1-4-6-7-10-21-35-28-15-9-8-14-25(28)18-19-26-22-24(17-20-29(26)35)13-11-16-30-31(36)34(3)32(37-30)27(23-33)12-5-2/h3,5,8-9,11,13-17,20,22H,2,4,6-7,10,12,18-19,21H2,1H3/b13-11+,30-16+,32-27-. The molecule has 0 unspecified atom stereocenters. The van der Waals surface area contributed by atoms with Crippen molar-refractivity contribution in [1.29, 1.82) is 5.26 Å². The Kier molecular flexibility index (Phi) is 8.98. The van der Waals surface area contributed by atoms with E-state index in [-0.39, 0.29) is 5.56 Å². The lowest BCUT2D eigenvalue weighted by Crippen LogP contribution is -2.28. The van der Waals surface area contributed by atoms with Crippen LogP contribution in [0.2, 0.25) is 0 Å². The van der Waals surface area contributed by atoms with Crippen molar-refractivity contribution in [2.75, 3.05) is 11.4 Å². The Balaban J connectivity index is 1.64. The van der Waals surface area contributed by atoms with Gasteiger partial charge in [0.2, 0.25) is 0 Å². The first-order chi connectivity index (χ1) is 18.1. The Labute approximate surface area is 223 Å². The molecule has 0 atom stereocenters. The van der Waals surface area contributed by atoms with Gasteiger partial charge < -0.3 is 4.90 Å². The molecule has 0 amide bonds. The number of benzene rings is 2. The van der Waals surface area contributed by atoms with Gasteiger partial charge in [-0.15, -0.1) is 17.9 Å². The number of aryl methyl sites for hydroxylation is 2. The monoisotopic (exact) mass is 507 g/mol. The molecule has 2 aromatic carbocycles. The molecule has 3 aromatic rings. The lowest BCUT2D eigenvalue weighted by atomic mass is 10.0. The molecule has 37 heavy (non-hydrogen) atoms. The average molecular weight is 508 g/mol. The molecule has 1 aliphatic rings. The fourth-order valence-electron chi connectivity index (χ4n) is 4.79. The molecule has 1 aromatic heterocycles. The summed E-state index contributed by atoms with van der Waals surface area (Å²) in [6.45, 7) is 6.94. The molecule has 0 bridgehead atoms. The molecule has 5 heteroatoms. The van der Waals surface area contributed by atoms with E-state index in [1.807, 2.05) is 12.2 Å². The average Bonchev–Trinajstić information content (AvgIpc) is 3.10. The van der Waals surface area contributed by atoms with Crippen molar-refractivity contribution in [2.24, 2.45) is 0 Å². The van der Waals surface area contributed by atoms with Gasteiger partial charge in [-0.05, 0) is 60.2 Å². The zero-order valence-electron chi connectivity index (χ0n) is 21.5. The van der Waals surface area contributed by atoms with Gasteiger partial charge in [0.1, 0.15) is 4.66 Å². The first-order valence-electron chi connectivity index (χ1n) is 12.9. The maximum atomic E-state index is 12.6. The quantitative estimate of drug-likeness (QED) is 0.264. The van der Waals surface area contributed by atoms with E-state index in [9.17, 15) is 10.1 Å². The lowest BCUT2D eigenvalue weighted by Gasteiger charge is -2.27. The number of rotatable bonds is 9. The molecular formula is C32H33N3OS. The SMILES string of the molecule is [CH]n1c(=O)/c(=C\C=C\c2ccc3c(c2)CCc2ccccc2N3CCCCCC)s/c1=C(\C#N)CC=C. The highest BCUT2D eigenvalue weighted by Gasteiger charge is 2.20. The van der Waals surface area contributed by atoms with Gasteiger partial charge >= 0.3 is 0 Å². The van der Waals surface area contributed by atoms with Crippen LogP contribution in [-0.4, -0.2) is 11.1 Å². The fourth-order valence-corrected chi connectivity index (χ4v) is 5.76. The topological polar surface area (TPSA) is 49.0 Å². The number of nitrogens with zero attached hydrogens (tertiary/aromatic N) is 3. The van der Waals surface area contributed by atoms with Crippen LogP contribution in [-0.2, 0) is 12.8 Å². The van der Waals surface area contributed by atoms with Crippen LogP contribution in [0.25, 0.3) is 17.7 Å². The Bertz CT molecular complexity index is 1520. The minimum absolute atomic E-state index is 0.306. The van der Waals surface area contributed by atoms with Crippen molar-refractivity contribution in [3.05, 3.63) is 104 Å².